The van der Waals surface area contributed by atoms with Crippen LogP contribution in [0.15, 0.2) is 65.8 Å². The molecule has 3 rings (SSSR count). The quantitative estimate of drug-likeness (QED) is 0.310. The summed E-state index contributed by atoms with van der Waals surface area (Å²) in [6.07, 6.45) is -3.41. The molecule has 0 aliphatic heterocycles. The van der Waals surface area contributed by atoms with Gasteiger partial charge in [-0.25, -0.2) is 5.43 Å². The maximum atomic E-state index is 12.9. The van der Waals surface area contributed by atoms with Crippen LogP contribution in [-0.4, -0.2) is 30.2 Å². The Bertz CT molecular complexity index is 1280. The molecule has 2 amide bonds. The van der Waals surface area contributed by atoms with Crippen molar-refractivity contribution in [3.63, 3.8) is 0 Å². The fourth-order valence-electron chi connectivity index (χ4n) is 3.02. The Balaban J connectivity index is 1.64. The van der Waals surface area contributed by atoms with Crippen molar-refractivity contribution in [2.45, 2.75) is 12.6 Å². The van der Waals surface area contributed by atoms with Crippen molar-refractivity contribution < 1.29 is 32.6 Å². The second kappa shape index (κ2) is 10.9. The van der Waals surface area contributed by atoms with Gasteiger partial charge in [0.1, 0.15) is 11.5 Å². The highest BCUT2D eigenvalue weighted by atomic mass is 35.5. The first kappa shape index (κ1) is 25.6. The van der Waals surface area contributed by atoms with Crippen molar-refractivity contribution in [1.82, 2.24) is 5.43 Å². The number of aromatic hydroxyl groups is 1. The molecule has 0 aliphatic carbocycles. The average molecular weight is 506 g/mol. The molecule has 11 heteroatoms. The number of phenolic OH excluding ortho intramolecular Hbond substituents is 1. The number of anilines is 1. The maximum Gasteiger partial charge on any atom is 0.416 e. The SMILES string of the molecule is COc1cc(NC(=O)Cc2cccc(C(F)(F)F)c2)ccc1/C=N/NC(=O)c1ccc(O)c(Cl)c1. The Morgan fingerprint density at radius 3 is 2.57 bits per heavy atom. The fourth-order valence-corrected chi connectivity index (χ4v) is 3.20. The number of nitrogens with zero attached hydrogens (tertiary/aromatic N) is 1. The van der Waals surface area contributed by atoms with E-state index < -0.39 is 23.6 Å². The van der Waals surface area contributed by atoms with E-state index in [-0.39, 0.29) is 28.3 Å². The van der Waals surface area contributed by atoms with Crippen LogP contribution in [0.25, 0.3) is 0 Å². The molecule has 35 heavy (non-hydrogen) atoms. The normalized spacial score (nSPS) is 11.3. The van der Waals surface area contributed by atoms with E-state index in [1.807, 2.05) is 0 Å². The molecule has 7 nitrogen and oxygen atoms in total. The number of nitrogens with one attached hydrogen (secondary N) is 2. The van der Waals surface area contributed by atoms with Crippen molar-refractivity contribution in [2.24, 2.45) is 5.10 Å². The smallest absolute Gasteiger partial charge is 0.416 e. The van der Waals surface area contributed by atoms with Gasteiger partial charge in [0.05, 0.1) is 30.3 Å². The number of amides is 2. The van der Waals surface area contributed by atoms with Gasteiger partial charge >= 0.3 is 6.18 Å². The van der Waals surface area contributed by atoms with Crippen LogP contribution in [0.3, 0.4) is 0 Å². The molecule has 0 atom stereocenters. The summed E-state index contributed by atoms with van der Waals surface area (Å²) in [5, 5.41) is 15.9. The highest BCUT2D eigenvalue weighted by Crippen LogP contribution is 2.30. The fraction of sp³-hybridized carbons (Fsp3) is 0.125. The third-order valence-electron chi connectivity index (χ3n) is 4.72. The van der Waals surface area contributed by atoms with Gasteiger partial charge in [-0.15, -0.1) is 0 Å². The van der Waals surface area contributed by atoms with E-state index >= 15 is 0 Å². The van der Waals surface area contributed by atoms with Gasteiger partial charge in [-0.3, -0.25) is 9.59 Å². The molecule has 3 aromatic rings. The summed E-state index contributed by atoms with van der Waals surface area (Å²) in [5.74, 6) is -0.890. The van der Waals surface area contributed by atoms with Gasteiger partial charge in [0.25, 0.3) is 5.91 Å². The molecule has 0 spiro atoms. The summed E-state index contributed by atoms with van der Waals surface area (Å²) in [5.41, 5.74) is 2.74. The van der Waals surface area contributed by atoms with Gasteiger partial charge in [-0.2, -0.15) is 18.3 Å². The van der Waals surface area contributed by atoms with Crippen LogP contribution >= 0.6 is 11.6 Å². The van der Waals surface area contributed by atoms with Gasteiger partial charge in [-0.05, 0) is 42.0 Å². The van der Waals surface area contributed by atoms with Gasteiger partial charge in [-0.1, -0.05) is 29.8 Å². The number of rotatable bonds is 7. The summed E-state index contributed by atoms with van der Waals surface area (Å²) in [6.45, 7) is 0. The molecule has 3 N–H and O–H groups in total. The number of hydrogen-bond acceptors (Lipinski definition) is 5. The molecule has 0 saturated heterocycles. The first-order valence-corrected chi connectivity index (χ1v) is 10.4. The largest absolute Gasteiger partial charge is 0.506 e. The zero-order chi connectivity index (χ0) is 25.6. The van der Waals surface area contributed by atoms with Gasteiger partial charge in [0.2, 0.25) is 5.91 Å². The van der Waals surface area contributed by atoms with Crippen molar-refractivity contribution in [3.8, 4) is 11.5 Å². The van der Waals surface area contributed by atoms with Crippen molar-refractivity contribution in [2.75, 3.05) is 12.4 Å². The minimum absolute atomic E-state index is 0.0222. The Morgan fingerprint density at radius 2 is 1.89 bits per heavy atom. The molecule has 182 valence electrons. The van der Waals surface area contributed by atoms with E-state index in [2.05, 4.69) is 15.8 Å². The molecule has 0 aromatic heterocycles. The van der Waals surface area contributed by atoms with E-state index in [9.17, 15) is 27.9 Å². The number of hydrazone groups is 1. The van der Waals surface area contributed by atoms with Crippen LogP contribution in [-0.2, 0) is 17.4 Å². The van der Waals surface area contributed by atoms with Gasteiger partial charge in [0.15, 0.2) is 0 Å². The number of benzene rings is 3. The number of halogens is 4. The molecule has 3 aromatic carbocycles. The number of alkyl halides is 3. The summed E-state index contributed by atoms with van der Waals surface area (Å²) in [6, 6.07) is 13.1. The summed E-state index contributed by atoms with van der Waals surface area (Å²) in [4.78, 5) is 24.5. The van der Waals surface area contributed by atoms with Crippen LogP contribution in [0.2, 0.25) is 5.02 Å². The number of phenols is 1. The molecule has 0 saturated carbocycles. The summed E-state index contributed by atoms with van der Waals surface area (Å²) < 4.78 is 43.9. The lowest BCUT2D eigenvalue weighted by Crippen LogP contribution is -2.17. The zero-order valence-electron chi connectivity index (χ0n) is 18.2. The number of ether oxygens (including phenoxy) is 1. The van der Waals surface area contributed by atoms with Crippen LogP contribution in [0.5, 0.6) is 11.5 Å². The second-order valence-electron chi connectivity index (χ2n) is 7.25. The highest BCUT2D eigenvalue weighted by Gasteiger charge is 2.30. The van der Waals surface area contributed by atoms with Crippen molar-refractivity contribution >= 4 is 35.3 Å². The minimum atomic E-state index is -4.49. The Morgan fingerprint density at radius 1 is 1.11 bits per heavy atom. The molecule has 0 fully saturated rings. The van der Waals surface area contributed by atoms with Crippen molar-refractivity contribution in [3.05, 3.63) is 87.9 Å². The zero-order valence-corrected chi connectivity index (χ0v) is 18.9. The third kappa shape index (κ3) is 6.97. The lowest BCUT2D eigenvalue weighted by atomic mass is 10.1. The highest BCUT2D eigenvalue weighted by molar-refractivity contribution is 6.32. The molecule has 0 heterocycles. The molecule has 0 radical (unpaired) electrons. The number of hydrogen-bond donors (Lipinski definition) is 3. The predicted octanol–water partition coefficient (Wildman–Crippen LogP) is 5.02. The van der Waals surface area contributed by atoms with Crippen molar-refractivity contribution in [1.29, 1.82) is 0 Å². The van der Waals surface area contributed by atoms with Gasteiger partial charge in [0, 0.05) is 22.9 Å². The third-order valence-corrected chi connectivity index (χ3v) is 5.02. The Kier molecular flexibility index (Phi) is 7.98. The monoisotopic (exact) mass is 505 g/mol. The first-order valence-electron chi connectivity index (χ1n) is 10.0. The standard InChI is InChI=1S/C24H19ClF3N3O4/c1-35-21-12-18(30-22(33)10-14-3-2-4-17(9-14)24(26,27)28)7-5-16(21)13-29-31-23(34)15-6-8-20(32)19(25)11-15/h2-9,11-13,32H,10H2,1H3,(H,30,33)(H,31,34)/b29-13+. The number of methoxy groups -OCH3 is 1. The maximum absolute atomic E-state index is 12.9. The first-order chi connectivity index (χ1) is 16.6. The average Bonchev–Trinajstić information content (AvgIpc) is 2.81. The Hall–Kier alpha value is -4.05. The number of carbonyl (C=O) groups is 2. The Labute approximate surface area is 203 Å². The van der Waals surface area contributed by atoms with Gasteiger partial charge < -0.3 is 15.2 Å². The minimum Gasteiger partial charge on any atom is -0.506 e. The predicted molar refractivity (Wildman–Crippen MR) is 125 cm³/mol. The number of carbonyl (C=O) groups excluding carboxylic acids is 2. The molecule has 0 bridgehead atoms. The molecule has 0 unspecified atom stereocenters. The molecular weight excluding hydrogens is 487 g/mol. The molecule has 0 aliphatic rings. The summed E-state index contributed by atoms with van der Waals surface area (Å²) in [7, 11) is 1.40. The van der Waals surface area contributed by atoms with Crippen LogP contribution < -0.4 is 15.5 Å². The van der Waals surface area contributed by atoms with Crippen LogP contribution in [0.1, 0.15) is 27.0 Å². The van der Waals surface area contributed by atoms with E-state index in [1.165, 1.54) is 49.7 Å². The molecular formula is C24H19ClF3N3O4. The van der Waals surface area contributed by atoms with E-state index in [4.69, 9.17) is 16.3 Å². The second-order valence-corrected chi connectivity index (χ2v) is 7.65. The van der Waals surface area contributed by atoms with E-state index in [0.717, 1.165) is 12.1 Å². The lowest BCUT2D eigenvalue weighted by Gasteiger charge is -2.11. The topological polar surface area (TPSA) is 100 Å². The van der Waals surface area contributed by atoms with Crippen LogP contribution in [0.4, 0.5) is 18.9 Å². The van der Waals surface area contributed by atoms with E-state index in [1.54, 1.807) is 12.1 Å². The van der Waals surface area contributed by atoms with E-state index in [0.29, 0.717) is 17.0 Å². The summed E-state index contributed by atoms with van der Waals surface area (Å²) >= 11 is 5.79. The van der Waals surface area contributed by atoms with Crippen LogP contribution in [0, 0.1) is 0 Å². The lowest BCUT2D eigenvalue weighted by molar-refractivity contribution is -0.137.